The lowest BCUT2D eigenvalue weighted by Crippen LogP contribution is -2.48. The molecule has 1 unspecified atom stereocenters. The van der Waals surface area contributed by atoms with E-state index in [1.165, 1.54) is 24.1 Å². The fourth-order valence-electron chi connectivity index (χ4n) is 6.95. The third-order valence-corrected chi connectivity index (χ3v) is 9.45. The van der Waals surface area contributed by atoms with E-state index in [0.717, 1.165) is 79.7 Å². The van der Waals surface area contributed by atoms with Gasteiger partial charge in [0.25, 0.3) is 11.8 Å². The minimum absolute atomic E-state index is 0.0310. The maximum absolute atomic E-state index is 13.6. The highest BCUT2D eigenvalue weighted by Crippen LogP contribution is 2.42. The van der Waals surface area contributed by atoms with Gasteiger partial charge in [-0.2, -0.15) is 0 Å². The molecule has 1 N–H and O–H groups in total. The van der Waals surface area contributed by atoms with Crippen molar-refractivity contribution in [3.8, 4) is 0 Å². The molecule has 2 aromatic carbocycles. The largest absolute Gasteiger partial charge is 0.371 e. The Bertz CT molecular complexity index is 1350. The van der Waals surface area contributed by atoms with E-state index in [4.69, 9.17) is 0 Å². The summed E-state index contributed by atoms with van der Waals surface area (Å²) in [7, 11) is 0. The first-order chi connectivity index (χ1) is 18.9. The van der Waals surface area contributed by atoms with Gasteiger partial charge >= 0.3 is 0 Å². The highest BCUT2D eigenvalue weighted by Gasteiger charge is 2.39. The molecule has 0 saturated carbocycles. The minimum atomic E-state index is -0.0607. The molecule has 2 fully saturated rings. The molecule has 6 rings (SSSR count). The molecular weight excluding hydrogens is 484 g/mol. The molecule has 3 aromatic rings. The molecule has 1 atom stereocenters. The zero-order chi connectivity index (χ0) is 27.0. The summed E-state index contributed by atoms with van der Waals surface area (Å²) in [5.74, 6) is 0.0880. The van der Waals surface area contributed by atoms with E-state index < -0.39 is 0 Å². The fraction of sp³-hybridized carbons (Fsp3) is 0.424. The van der Waals surface area contributed by atoms with Crippen LogP contribution in [0.15, 0.2) is 60.9 Å². The van der Waals surface area contributed by atoms with E-state index in [9.17, 15) is 9.59 Å². The minimum Gasteiger partial charge on any atom is -0.371 e. The summed E-state index contributed by atoms with van der Waals surface area (Å²) >= 11 is 0. The lowest BCUT2D eigenvalue weighted by atomic mass is 9.71. The number of rotatable bonds is 4. The standard InChI is InChI=1S/C33H38N4O2/c1-23-4-3-5-24(2)30(23)31(38)35-29-9-8-25-6-7-26(22-28(25)29)32(39)37-20-14-33(15-21-37)12-18-36(19-13-33)27-10-16-34-17-11-27/h3-7,10-11,16-17,22,29H,8-9,12-15,18-21H2,1-2H3,(H,35,38). The van der Waals surface area contributed by atoms with Crippen LogP contribution in [0, 0.1) is 19.3 Å². The van der Waals surface area contributed by atoms with E-state index >= 15 is 0 Å². The van der Waals surface area contributed by atoms with Crippen molar-refractivity contribution >= 4 is 17.5 Å². The number of nitrogens with one attached hydrogen (secondary N) is 1. The van der Waals surface area contributed by atoms with Crippen LogP contribution in [0.4, 0.5) is 5.69 Å². The predicted octanol–water partition coefficient (Wildman–Crippen LogP) is 5.64. The maximum atomic E-state index is 13.6. The molecule has 3 heterocycles. The van der Waals surface area contributed by atoms with Gasteiger partial charge in [-0.3, -0.25) is 14.6 Å². The number of benzene rings is 2. The number of hydrogen-bond acceptors (Lipinski definition) is 4. The van der Waals surface area contributed by atoms with Gasteiger partial charge in [-0.05, 0) is 104 Å². The Labute approximate surface area is 231 Å². The molecule has 1 spiro atoms. The Morgan fingerprint density at radius 3 is 2.26 bits per heavy atom. The van der Waals surface area contributed by atoms with Crippen molar-refractivity contribution in [2.75, 3.05) is 31.1 Å². The second kappa shape index (κ2) is 10.5. The second-order valence-corrected chi connectivity index (χ2v) is 11.7. The van der Waals surface area contributed by atoms with Crippen LogP contribution < -0.4 is 10.2 Å². The van der Waals surface area contributed by atoms with Gasteiger partial charge in [0.05, 0.1) is 6.04 Å². The van der Waals surface area contributed by atoms with Gasteiger partial charge in [0.2, 0.25) is 0 Å². The number of nitrogens with zero attached hydrogens (tertiary/aromatic N) is 3. The fourth-order valence-corrected chi connectivity index (χ4v) is 6.95. The number of likely N-dealkylation sites (tertiary alicyclic amines) is 1. The second-order valence-electron chi connectivity index (χ2n) is 11.7. The van der Waals surface area contributed by atoms with Crippen molar-refractivity contribution in [2.45, 2.75) is 58.4 Å². The van der Waals surface area contributed by atoms with Crippen LogP contribution in [0.5, 0.6) is 0 Å². The van der Waals surface area contributed by atoms with Gasteiger partial charge in [0.1, 0.15) is 0 Å². The zero-order valence-electron chi connectivity index (χ0n) is 23.1. The summed E-state index contributed by atoms with van der Waals surface area (Å²) in [5, 5.41) is 3.26. The van der Waals surface area contributed by atoms with E-state index in [0.29, 0.717) is 5.41 Å². The number of carbonyl (C=O) groups is 2. The molecule has 39 heavy (non-hydrogen) atoms. The molecule has 0 radical (unpaired) electrons. The van der Waals surface area contributed by atoms with E-state index in [2.05, 4.69) is 33.4 Å². The maximum Gasteiger partial charge on any atom is 0.253 e. The van der Waals surface area contributed by atoms with Crippen LogP contribution in [-0.2, 0) is 6.42 Å². The quantitative estimate of drug-likeness (QED) is 0.482. The highest BCUT2D eigenvalue weighted by molar-refractivity contribution is 5.97. The lowest BCUT2D eigenvalue weighted by molar-refractivity contribution is 0.0515. The SMILES string of the molecule is Cc1cccc(C)c1C(=O)NC1CCc2ccc(C(=O)N3CCC4(CC3)CCN(c3ccncc3)CC4)cc21. The first-order valence-corrected chi connectivity index (χ1v) is 14.4. The summed E-state index contributed by atoms with van der Waals surface area (Å²) in [6.07, 6.45) is 10.0. The summed E-state index contributed by atoms with van der Waals surface area (Å²) in [6.45, 7) is 7.73. The first-order valence-electron chi connectivity index (χ1n) is 14.4. The molecule has 1 aliphatic carbocycles. The van der Waals surface area contributed by atoms with Crippen LogP contribution in [0.2, 0.25) is 0 Å². The Morgan fingerprint density at radius 1 is 0.897 bits per heavy atom. The Morgan fingerprint density at radius 2 is 1.56 bits per heavy atom. The summed E-state index contributed by atoms with van der Waals surface area (Å²) in [6, 6.07) is 16.2. The van der Waals surface area contributed by atoms with Crippen LogP contribution in [0.25, 0.3) is 0 Å². The normalized spacial score (nSPS) is 20.1. The van der Waals surface area contributed by atoms with Crippen LogP contribution in [0.1, 0.15) is 81.1 Å². The molecule has 0 bridgehead atoms. The number of carbonyl (C=O) groups excluding carboxylic acids is 2. The number of amides is 2. The summed E-state index contributed by atoms with van der Waals surface area (Å²) in [4.78, 5) is 35.4. The van der Waals surface area contributed by atoms with E-state index in [1.54, 1.807) is 0 Å². The van der Waals surface area contributed by atoms with E-state index in [-0.39, 0.29) is 17.9 Å². The first kappa shape index (κ1) is 25.6. The number of pyridine rings is 1. The number of aryl methyl sites for hydroxylation is 3. The van der Waals surface area contributed by atoms with Crippen molar-refractivity contribution in [1.29, 1.82) is 0 Å². The summed E-state index contributed by atoms with van der Waals surface area (Å²) in [5.41, 5.74) is 7.40. The number of aromatic nitrogens is 1. The van der Waals surface area contributed by atoms with Gasteiger partial charge in [0.15, 0.2) is 0 Å². The molecular formula is C33H38N4O2. The van der Waals surface area contributed by atoms with Crippen molar-refractivity contribution in [3.63, 3.8) is 0 Å². The Balaban J connectivity index is 1.09. The van der Waals surface area contributed by atoms with Crippen LogP contribution in [0.3, 0.4) is 0 Å². The topological polar surface area (TPSA) is 65.5 Å². The molecule has 2 aliphatic heterocycles. The lowest BCUT2D eigenvalue weighted by Gasteiger charge is -2.47. The molecule has 2 saturated heterocycles. The molecule has 2 amide bonds. The predicted molar refractivity (Wildman–Crippen MR) is 154 cm³/mol. The van der Waals surface area contributed by atoms with Gasteiger partial charge in [-0.1, -0.05) is 24.3 Å². The van der Waals surface area contributed by atoms with Gasteiger partial charge in [-0.15, -0.1) is 0 Å². The molecule has 1 aromatic heterocycles. The zero-order valence-corrected chi connectivity index (χ0v) is 23.1. The molecule has 6 heteroatoms. The Hall–Kier alpha value is -3.67. The van der Waals surface area contributed by atoms with Gasteiger partial charge in [0, 0.05) is 55.4 Å². The average Bonchev–Trinajstić information content (AvgIpc) is 3.35. The van der Waals surface area contributed by atoms with E-state index in [1.807, 2.05) is 61.5 Å². The van der Waals surface area contributed by atoms with Crippen molar-refractivity contribution in [3.05, 3.63) is 94.3 Å². The van der Waals surface area contributed by atoms with Crippen molar-refractivity contribution in [1.82, 2.24) is 15.2 Å². The highest BCUT2D eigenvalue weighted by atomic mass is 16.2. The summed E-state index contributed by atoms with van der Waals surface area (Å²) < 4.78 is 0. The van der Waals surface area contributed by atoms with Gasteiger partial charge < -0.3 is 15.1 Å². The van der Waals surface area contributed by atoms with Crippen LogP contribution >= 0.6 is 0 Å². The smallest absolute Gasteiger partial charge is 0.253 e. The molecule has 202 valence electrons. The van der Waals surface area contributed by atoms with Crippen molar-refractivity contribution < 1.29 is 9.59 Å². The monoisotopic (exact) mass is 522 g/mol. The average molecular weight is 523 g/mol. The number of anilines is 1. The number of piperidine rings is 2. The number of hydrogen-bond donors (Lipinski definition) is 1. The van der Waals surface area contributed by atoms with Crippen molar-refractivity contribution in [2.24, 2.45) is 5.41 Å². The van der Waals surface area contributed by atoms with Gasteiger partial charge in [-0.25, -0.2) is 0 Å². The third kappa shape index (κ3) is 5.05. The molecule has 3 aliphatic rings. The molecule has 6 nitrogen and oxygen atoms in total. The number of fused-ring (bicyclic) bond motifs is 1. The van der Waals surface area contributed by atoms with Crippen LogP contribution in [-0.4, -0.2) is 47.9 Å². The Kier molecular flexibility index (Phi) is 6.88. The third-order valence-electron chi connectivity index (χ3n) is 9.45.